The molecule has 0 aromatic carbocycles. The van der Waals surface area contributed by atoms with E-state index in [4.69, 9.17) is 47.9 Å². The number of aromatic nitrogens is 2. The molecule has 4 saturated heterocycles. The zero-order valence-electron chi connectivity index (χ0n) is 36.8. The Kier molecular flexibility index (Phi) is 20.6. The molecule has 69 heavy (non-hydrogen) atoms. The highest BCUT2D eigenvalue weighted by Crippen LogP contribution is 2.54. The molecule has 0 radical (unpaired) electrons. The minimum Gasteiger partial charge on any atom is -0.465 e. The zero-order chi connectivity index (χ0) is 51.3. The Morgan fingerprint density at radius 2 is 1.57 bits per heavy atom. The second-order valence-electron chi connectivity index (χ2n) is 16.1. The molecule has 33 heteroatoms. The van der Waals surface area contributed by atoms with Crippen molar-refractivity contribution in [3.8, 4) is 0 Å². The maximum atomic E-state index is 13.9. The van der Waals surface area contributed by atoms with Crippen LogP contribution >= 0.6 is 31.3 Å². The standard InChI is InChI=1S/C36H59N4O26PS2/c1-12(43)38-18-22(48)30(69-7-6-68-11-16-21(47)23(49)26(52)33(63-16)64-28-14(9-42)62-32(58-2)27(53)24(28)50)36(34(54)59-3,65-29(18)19(45)13(44)8-41)66-67(56,57)60-10-15-20(46)25(51)31(61-15)40-5-4-17(37)39-35(40)55/h4-5,13-16,18-33,41-42,44-53H,6-11H2,1-3H3,(H,38,43)(H,56,57)(H2,37,39,55)/t13-,14-,15-,16-,18-,19-,20-,21+,22-,23+,24-,25-,26-,27-,28+,29-,30-,31-,32-,33+,36-/m1/s1. The highest BCUT2D eigenvalue weighted by Gasteiger charge is 2.65. The largest absolute Gasteiger partial charge is 0.475 e. The first kappa shape index (κ1) is 57.6. The second-order valence-corrected chi connectivity index (χ2v) is 19.8. The second kappa shape index (κ2) is 24.6. The van der Waals surface area contributed by atoms with Gasteiger partial charge in [-0.25, -0.2) is 18.7 Å². The normalized spacial score (nSPS) is 40.1. The molecule has 5 heterocycles. The lowest BCUT2D eigenvalue weighted by atomic mass is 9.88. The number of hydrogen-bond acceptors (Lipinski definition) is 29. The Bertz CT molecular complexity index is 1970. The summed E-state index contributed by atoms with van der Waals surface area (Å²) in [6, 6.07) is -0.575. The first-order valence-electron chi connectivity index (χ1n) is 20.9. The van der Waals surface area contributed by atoms with E-state index in [1.165, 1.54) is 13.2 Å². The highest BCUT2D eigenvalue weighted by molar-refractivity contribution is 8.03. The molecule has 30 nitrogen and oxygen atoms in total. The van der Waals surface area contributed by atoms with Gasteiger partial charge in [0.05, 0.1) is 50.4 Å². The Balaban J connectivity index is 1.34. The summed E-state index contributed by atoms with van der Waals surface area (Å²) in [6.45, 7) is -1.99. The van der Waals surface area contributed by atoms with Gasteiger partial charge in [-0.15, -0.1) is 11.8 Å². The molecule has 4 aliphatic rings. The maximum absolute atomic E-state index is 13.9. The number of aliphatic hydroxyl groups excluding tert-OH is 12. The summed E-state index contributed by atoms with van der Waals surface area (Å²) in [5, 5.41) is 128. The lowest BCUT2D eigenvalue weighted by Gasteiger charge is -2.50. The molecule has 1 amide bonds. The van der Waals surface area contributed by atoms with Crippen LogP contribution in [0.2, 0.25) is 0 Å². The van der Waals surface area contributed by atoms with Gasteiger partial charge in [-0.2, -0.15) is 16.7 Å². The number of rotatable bonds is 21. The van der Waals surface area contributed by atoms with E-state index in [-0.39, 0.29) is 23.1 Å². The third-order valence-electron chi connectivity index (χ3n) is 11.4. The number of anilines is 1. The van der Waals surface area contributed by atoms with Crippen molar-refractivity contribution in [3.05, 3.63) is 22.7 Å². The van der Waals surface area contributed by atoms with Gasteiger partial charge in [0.2, 0.25) is 5.91 Å². The maximum Gasteiger partial charge on any atom is 0.475 e. The van der Waals surface area contributed by atoms with Gasteiger partial charge in [-0.3, -0.25) is 13.9 Å². The van der Waals surface area contributed by atoms with Gasteiger partial charge in [0.25, 0.3) is 5.79 Å². The van der Waals surface area contributed by atoms with Gasteiger partial charge in [0, 0.05) is 37.5 Å². The molecule has 5 rings (SSSR count). The van der Waals surface area contributed by atoms with Gasteiger partial charge in [-0.05, 0) is 6.07 Å². The van der Waals surface area contributed by atoms with Gasteiger partial charge >= 0.3 is 19.5 Å². The number of nitrogens with two attached hydrogens (primary N) is 1. The van der Waals surface area contributed by atoms with Crippen LogP contribution in [0, 0.1) is 0 Å². The number of ether oxygens (including phenoxy) is 7. The fraction of sp³-hybridized carbons (Fsp3) is 0.833. The fourth-order valence-electron chi connectivity index (χ4n) is 7.84. The zero-order valence-corrected chi connectivity index (χ0v) is 39.3. The van der Waals surface area contributed by atoms with E-state index in [1.54, 1.807) is 0 Å². The van der Waals surface area contributed by atoms with E-state index in [0.29, 0.717) is 11.8 Å². The number of carbonyl (C=O) groups is 2. The molecule has 4 aliphatic heterocycles. The summed E-state index contributed by atoms with van der Waals surface area (Å²) in [6.07, 6.45) is -30.8. The van der Waals surface area contributed by atoms with Crippen molar-refractivity contribution in [2.24, 2.45) is 0 Å². The third-order valence-corrected chi connectivity index (χ3v) is 15.1. The minimum atomic E-state index is -5.78. The lowest BCUT2D eigenvalue weighted by molar-refractivity contribution is -0.353. The molecule has 22 atom stereocenters. The Morgan fingerprint density at radius 1 is 0.913 bits per heavy atom. The summed E-state index contributed by atoms with van der Waals surface area (Å²) < 4.78 is 63.2. The van der Waals surface area contributed by atoms with Crippen molar-refractivity contribution in [2.75, 3.05) is 57.0 Å². The van der Waals surface area contributed by atoms with Crippen molar-refractivity contribution < 1.29 is 123 Å². The molecule has 0 aliphatic carbocycles. The summed E-state index contributed by atoms with van der Waals surface area (Å²) in [5.41, 5.74) is 4.52. The van der Waals surface area contributed by atoms with Crippen molar-refractivity contribution in [1.82, 2.24) is 14.9 Å². The number of nitrogens with zero attached hydrogens (tertiary/aromatic N) is 2. The van der Waals surface area contributed by atoms with E-state index < -0.39 is 173 Å². The first-order chi connectivity index (χ1) is 32.5. The van der Waals surface area contributed by atoms with E-state index in [9.17, 15) is 85.1 Å². The van der Waals surface area contributed by atoms with E-state index in [1.807, 2.05) is 0 Å². The van der Waals surface area contributed by atoms with E-state index >= 15 is 0 Å². The number of phosphoric acid groups is 1. The van der Waals surface area contributed by atoms with Crippen LogP contribution in [0.4, 0.5) is 5.82 Å². The van der Waals surface area contributed by atoms with Gasteiger partial charge in [0.1, 0.15) is 85.2 Å². The summed E-state index contributed by atoms with van der Waals surface area (Å²) in [4.78, 5) is 53.3. The van der Waals surface area contributed by atoms with Crippen molar-refractivity contribution in [3.63, 3.8) is 0 Å². The number of amides is 1. The Morgan fingerprint density at radius 3 is 2.17 bits per heavy atom. The molecule has 0 bridgehead atoms. The minimum absolute atomic E-state index is 0.0331. The van der Waals surface area contributed by atoms with Gasteiger partial charge in [-0.1, -0.05) is 0 Å². The number of hydrogen-bond donors (Lipinski definition) is 15. The summed E-state index contributed by atoms with van der Waals surface area (Å²) in [5.74, 6) is -6.40. The number of thioether (sulfide) groups is 2. The molecule has 396 valence electrons. The molecule has 4 fully saturated rings. The number of esters is 1. The molecule has 1 aromatic rings. The molecule has 1 aromatic heterocycles. The topological polar surface area (TPSA) is 470 Å². The molecule has 1 unspecified atom stereocenters. The quantitative estimate of drug-likeness (QED) is 0.0309. The van der Waals surface area contributed by atoms with Crippen molar-refractivity contribution >= 4 is 49.0 Å². The lowest BCUT2D eigenvalue weighted by Crippen LogP contribution is -2.73. The number of nitrogens with one attached hydrogen (secondary N) is 1. The monoisotopic (exact) mass is 1060 g/mol. The van der Waals surface area contributed by atoms with Crippen LogP contribution in [0.25, 0.3) is 0 Å². The number of nitrogen functional groups attached to an aromatic ring is 1. The fourth-order valence-corrected chi connectivity index (χ4v) is 11.4. The highest BCUT2D eigenvalue weighted by atomic mass is 32.2. The summed E-state index contributed by atoms with van der Waals surface area (Å²) in [7, 11) is -3.83. The number of phosphoric ester groups is 1. The predicted octanol–water partition coefficient (Wildman–Crippen LogP) is -8.46. The average molecular weight is 1060 g/mol. The van der Waals surface area contributed by atoms with Crippen LogP contribution in [0.15, 0.2) is 17.1 Å². The molecule has 0 saturated carbocycles. The first-order valence-corrected chi connectivity index (χ1v) is 24.6. The van der Waals surface area contributed by atoms with Crippen LogP contribution in [0.3, 0.4) is 0 Å². The van der Waals surface area contributed by atoms with Gasteiger partial charge in [0.15, 0.2) is 18.8 Å². The number of aliphatic hydroxyl groups is 12. The molecular formula is C36H59N4O26PS2. The predicted molar refractivity (Wildman–Crippen MR) is 228 cm³/mol. The Labute approximate surface area is 399 Å². The third kappa shape index (κ3) is 12.9. The molecule has 16 N–H and O–H groups in total. The molecule has 0 spiro atoms. The van der Waals surface area contributed by atoms with Gasteiger partial charge < -0.3 is 110 Å². The van der Waals surface area contributed by atoms with E-state index in [2.05, 4.69) is 10.3 Å². The van der Waals surface area contributed by atoms with Crippen molar-refractivity contribution in [1.29, 1.82) is 0 Å². The van der Waals surface area contributed by atoms with Crippen LogP contribution < -0.4 is 16.7 Å². The van der Waals surface area contributed by atoms with Crippen LogP contribution in [0.1, 0.15) is 13.2 Å². The van der Waals surface area contributed by atoms with Crippen LogP contribution in [0.5, 0.6) is 0 Å². The molecular weight excluding hydrogens is 1000 g/mol. The smallest absolute Gasteiger partial charge is 0.465 e. The van der Waals surface area contributed by atoms with Crippen LogP contribution in [-0.2, 0) is 56.4 Å². The van der Waals surface area contributed by atoms with E-state index in [0.717, 1.165) is 36.6 Å². The summed E-state index contributed by atoms with van der Waals surface area (Å²) >= 11 is 1.60. The van der Waals surface area contributed by atoms with Crippen LogP contribution in [-0.4, -0.2) is 260 Å². The number of methoxy groups -OCH3 is 2. The average Bonchev–Trinajstić information content (AvgIpc) is 3.59. The Hall–Kier alpha value is -2.29. The number of carbonyl (C=O) groups excluding carboxylic acids is 2. The van der Waals surface area contributed by atoms with Crippen molar-refractivity contribution in [2.45, 2.75) is 134 Å². The SMILES string of the molecule is COC(=O)[C@@]1(OP(=O)(O)OC[C@H]2O[C@@H](n3ccc(N)nc3=O)[C@H](O)[C@@H]2O)O[C@@H]([C@H](O)[C@H](O)CO)[C@H](NC(C)=O)[C@@H](O)[C@H]1SCCSC[C@H]1O[C@@H](O[C@@H]2[C@H](O)[C@@H](O)[C@H](OC)O[C@@H]2CO)[C@H](O)[C@@H](O)[C@H]1O.